The molecule has 1 heterocycles. The molecular formula is C18H18FN3O2. The molecule has 0 saturated carbocycles. The largest absolute Gasteiger partial charge is 0.328 e. The molecule has 3 rings (SSSR count). The van der Waals surface area contributed by atoms with Gasteiger partial charge in [-0.2, -0.15) is 0 Å². The van der Waals surface area contributed by atoms with Crippen molar-refractivity contribution in [1.29, 1.82) is 0 Å². The summed E-state index contributed by atoms with van der Waals surface area (Å²) in [5, 5.41) is 2.55. The summed E-state index contributed by atoms with van der Waals surface area (Å²) < 4.78 is 16.9. The van der Waals surface area contributed by atoms with Gasteiger partial charge in [0.25, 0.3) is 0 Å². The molecule has 0 atom stereocenters. The first-order valence-corrected chi connectivity index (χ1v) is 7.67. The third kappa shape index (κ3) is 2.95. The van der Waals surface area contributed by atoms with Gasteiger partial charge in [-0.25, -0.2) is 9.18 Å². The first-order chi connectivity index (χ1) is 11.5. The molecule has 0 saturated heterocycles. The van der Waals surface area contributed by atoms with Crippen LogP contribution in [0.4, 0.5) is 10.1 Å². The molecular weight excluding hydrogens is 309 g/mol. The fourth-order valence-corrected chi connectivity index (χ4v) is 2.73. The maximum absolute atomic E-state index is 13.8. The molecule has 0 aliphatic rings. The minimum absolute atomic E-state index is 0.0846. The summed E-state index contributed by atoms with van der Waals surface area (Å²) >= 11 is 0. The van der Waals surface area contributed by atoms with Crippen molar-refractivity contribution in [1.82, 2.24) is 9.13 Å². The van der Waals surface area contributed by atoms with Crippen LogP contribution in [0.25, 0.3) is 11.0 Å². The van der Waals surface area contributed by atoms with Gasteiger partial charge in [-0.1, -0.05) is 18.2 Å². The van der Waals surface area contributed by atoms with E-state index in [0.29, 0.717) is 0 Å². The molecule has 0 spiro atoms. The number of nitrogens with one attached hydrogen (secondary N) is 1. The van der Waals surface area contributed by atoms with Crippen molar-refractivity contribution < 1.29 is 9.18 Å². The summed E-state index contributed by atoms with van der Waals surface area (Å²) in [5.74, 6) is -0.803. The van der Waals surface area contributed by atoms with Crippen LogP contribution >= 0.6 is 0 Å². The van der Waals surface area contributed by atoms with E-state index in [9.17, 15) is 14.0 Å². The highest BCUT2D eigenvalue weighted by Crippen LogP contribution is 2.16. The molecule has 0 unspecified atom stereocenters. The number of carbonyl (C=O) groups is 1. The van der Waals surface area contributed by atoms with Gasteiger partial charge < -0.3 is 5.32 Å². The first kappa shape index (κ1) is 16.0. The summed E-state index contributed by atoms with van der Waals surface area (Å²) in [7, 11) is 1.70. The van der Waals surface area contributed by atoms with Crippen molar-refractivity contribution in [2.24, 2.45) is 7.05 Å². The zero-order valence-corrected chi connectivity index (χ0v) is 13.5. The number of carbonyl (C=O) groups excluding carboxylic acids is 1. The monoisotopic (exact) mass is 327 g/mol. The average molecular weight is 327 g/mol. The summed E-state index contributed by atoms with van der Waals surface area (Å²) in [6.45, 7) is 2.01. The number of imidazole rings is 1. The lowest BCUT2D eigenvalue weighted by Crippen LogP contribution is -2.24. The molecule has 0 aliphatic heterocycles. The standard InChI is InChI=1S/C18H18FN3O2/c1-12-7-8-14(13(19)11-12)20-17(23)9-10-22-16-6-4-3-5-15(16)21(2)18(22)24/h3-8,11H,9-10H2,1-2H3,(H,20,23). The number of halogens is 1. The molecule has 124 valence electrons. The van der Waals surface area contributed by atoms with Gasteiger partial charge in [-0.15, -0.1) is 0 Å². The zero-order valence-electron chi connectivity index (χ0n) is 13.5. The van der Waals surface area contributed by atoms with E-state index >= 15 is 0 Å². The normalized spacial score (nSPS) is 11.0. The van der Waals surface area contributed by atoms with Crippen molar-refractivity contribution >= 4 is 22.6 Å². The maximum Gasteiger partial charge on any atom is 0.328 e. The number of anilines is 1. The number of amides is 1. The lowest BCUT2D eigenvalue weighted by Gasteiger charge is -2.07. The predicted molar refractivity (Wildman–Crippen MR) is 91.6 cm³/mol. The molecule has 5 nitrogen and oxygen atoms in total. The van der Waals surface area contributed by atoms with Crippen molar-refractivity contribution in [3.8, 4) is 0 Å². The van der Waals surface area contributed by atoms with Crippen LogP contribution in [0.3, 0.4) is 0 Å². The molecule has 0 bridgehead atoms. The molecule has 2 aromatic carbocycles. The Morgan fingerprint density at radius 1 is 1.17 bits per heavy atom. The third-order valence-electron chi connectivity index (χ3n) is 4.01. The van der Waals surface area contributed by atoms with Crippen LogP contribution in [-0.2, 0) is 18.4 Å². The van der Waals surface area contributed by atoms with E-state index in [-0.39, 0.29) is 30.2 Å². The Kier molecular flexibility index (Phi) is 4.20. The molecule has 24 heavy (non-hydrogen) atoms. The highest BCUT2D eigenvalue weighted by molar-refractivity contribution is 5.90. The van der Waals surface area contributed by atoms with Gasteiger partial charge in [0.15, 0.2) is 0 Å². The van der Waals surface area contributed by atoms with Crippen LogP contribution in [0.15, 0.2) is 47.3 Å². The van der Waals surface area contributed by atoms with Gasteiger partial charge in [0.05, 0.1) is 16.7 Å². The van der Waals surface area contributed by atoms with Crippen molar-refractivity contribution in [3.05, 3.63) is 64.3 Å². The summed E-state index contributed by atoms with van der Waals surface area (Å²) in [6.07, 6.45) is 0.0846. The molecule has 0 fully saturated rings. The Hall–Kier alpha value is -2.89. The summed E-state index contributed by atoms with van der Waals surface area (Å²) in [6, 6.07) is 12.0. The number of benzene rings is 2. The van der Waals surface area contributed by atoms with Crippen LogP contribution in [-0.4, -0.2) is 15.0 Å². The van der Waals surface area contributed by atoms with E-state index in [1.807, 2.05) is 24.3 Å². The minimum Gasteiger partial charge on any atom is -0.324 e. The Morgan fingerprint density at radius 2 is 1.88 bits per heavy atom. The van der Waals surface area contributed by atoms with E-state index < -0.39 is 5.82 Å². The fourth-order valence-electron chi connectivity index (χ4n) is 2.73. The van der Waals surface area contributed by atoms with Gasteiger partial charge in [-0.3, -0.25) is 13.9 Å². The number of aromatic nitrogens is 2. The smallest absolute Gasteiger partial charge is 0.324 e. The van der Waals surface area contributed by atoms with Crippen molar-refractivity contribution in [3.63, 3.8) is 0 Å². The second-order valence-corrected chi connectivity index (χ2v) is 5.76. The van der Waals surface area contributed by atoms with Crippen molar-refractivity contribution in [2.45, 2.75) is 19.9 Å². The van der Waals surface area contributed by atoms with Gasteiger partial charge in [0.2, 0.25) is 5.91 Å². The lowest BCUT2D eigenvalue weighted by atomic mass is 10.2. The van der Waals surface area contributed by atoms with Gasteiger partial charge in [-0.05, 0) is 36.8 Å². The van der Waals surface area contributed by atoms with E-state index in [1.165, 1.54) is 12.1 Å². The first-order valence-electron chi connectivity index (χ1n) is 7.67. The minimum atomic E-state index is -0.467. The third-order valence-corrected chi connectivity index (χ3v) is 4.01. The molecule has 1 aromatic heterocycles. The van der Waals surface area contributed by atoms with Crippen molar-refractivity contribution in [2.75, 3.05) is 5.32 Å². The average Bonchev–Trinajstić information content (AvgIpc) is 2.80. The van der Waals surface area contributed by atoms with Gasteiger partial charge in [0, 0.05) is 20.0 Å². The number of hydrogen-bond acceptors (Lipinski definition) is 2. The predicted octanol–water partition coefficient (Wildman–Crippen LogP) is 2.82. The van der Waals surface area contributed by atoms with Crippen LogP contribution in [0.2, 0.25) is 0 Å². The van der Waals surface area contributed by atoms with Crippen LogP contribution in [0.1, 0.15) is 12.0 Å². The number of hydrogen-bond donors (Lipinski definition) is 1. The maximum atomic E-state index is 13.8. The number of rotatable bonds is 4. The Labute approximate surface area is 138 Å². The Morgan fingerprint density at radius 3 is 2.58 bits per heavy atom. The number of aryl methyl sites for hydroxylation is 3. The lowest BCUT2D eigenvalue weighted by molar-refractivity contribution is -0.116. The SMILES string of the molecule is Cc1ccc(NC(=O)CCn2c(=O)n(C)c3ccccc32)c(F)c1. The Bertz CT molecular complexity index is 972. The quantitative estimate of drug-likeness (QED) is 0.801. The number of para-hydroxylation sites is 2. The molecule has 0 aliphatic carbocycles. The molecule has 1 N–H and O–H groups in total. The molecule has 6 heteroatoms. The second kappa shape index (κ2) is 6.31. The van der Waals surface area contributed by atoms with Crippen LogP contribution in [0, 0.1) is 12.7 Å². The van der Waals surface area contributed by atoms with Gasteiger partial charge in [0.1, 0.15) is 5.82 Å². The van der Waals surface area contributed by atoms with Crippen LogP contribution in [0.5, 0.6) is 0 Å². The van der Waals surface area contributed by atoms with E-state index in [4.69, 9.17) is 0 Å². The number of fused-ring (bicyclic) bond motifs is 1. The molecule has 1 amide bonds. The second-order valence-electron chi connectivity index (χ2n) is 5.76. The van der Waals surface area contributed by atoms with E-state index in [2.05, 4.69) is 5.32 Å². The Balaban J connectivity index is 1.75. The topological polar surface area (TPSA) is 56.0 Å². The van der Waals surface area contributed by atoms with Gasteiger partial charge >= 0.3 is 5.69 Å². The highest BCUT2D eigenvalue weighted by atomic mass is 19.1. The van der Waals surface area contributed by atoms with E-state index in [0.717, 1.165) is 16.6 Å². The highest BCUT2D eigenvalue weighted by Gasteiger charge is 2.12. The number of nitrogens with zero attached hydrogens (tertiary/aromatic N) is 2. The zero-order chi connectivity index (χ0) is 17.3. The summed E-state index contributed by atoms with van der Waals surface area (Å²) in [4.78, 5) is 24.4. The molecule has 3 aromatic rings. The molecule has 0 radical (unpaired) electrons. The van der Waals surface area contributed by atoms with E-state index in [1.54, 1.807) is 29.2 Å². The fraction of sp³-hybridized carbons (Fsp3) is 0.222. The summed E-state index contributed by atoms with van der Waals surface area (Å²) in [5.41, 5.74) is 2.35. The van der Waals surface area contributed by atoms with Crippen LogP contribution < -0.4 is 11.0 Å².